The average molecular weight is 545 g/mol. The van der Waals surface area contributed by atoms with Crippen LogP contribution in [-0.2, 0) is 33.9 Å². The van der Waals surface area contributed by atoms with Crippen LogP contribution in [0.2, 0.25) is 0 Å². The van der Waals surface area contributed by atoms with Crippen LogP contribution in [0.1, 0.15) is 34.1 Å². The Morgan fingerprint density at radius 3 is 2.20 bits per heavy atom. The van der Waals surface area contributed by atoms with E-state index in [-0.39, 0.29) is 25.3 Å². The predicted molar refractivity (Wildman–Crippen MR) is 145 cm³/mol. The molecule has 2 N–H and O–H groups in total. The first-order valence-electron chi connectivity index (χ1n) is 12.7. The van der Waals surface area contributed by atoms with Crippen molar-refractivity contribution in [2.45, 2.75) is 32.6 Å². The van der Waals surface area contributed by atoms with E-state index >= 15 is 0 Å². The van der Waals surface area contributed by atoms with Crippen molar-refractivity contribution in [1.82, 2.24) is 20.4 Å². The van der Waals surface area contributed by atoms with Crippen LogP contribution in [0.25, 0.3) is 5.69 Å². The first kappa shape index (κ1) is 28.0. The Kier molecular flexibility index (Phi) is 9.60. The smallest absolute Gasteiger partial charge is 0.408 e. The van der Waals surface area contributed by atoms with Gasteiger partial charge in [0.1, 0.15) is 25.1 Å². The van der Waals surface area contributed by atoms with E-state index in [1.165, 1.54) is 12.1 Å². The van der Waals surface area contributed by atoms with E-state index in [1.54, 1.807) is 53.3 Å². The van der Waals surface area contributed by atoms with E-state index in [9.17, 15) is 18.8 Å². The number of halogens is 1. The van der Waals surface area contributed by atoms with Gasteiger partial charge in [-0.15, -0.1) is 0 Å². The van der Waals surface area contributed by atoms with Gasteiger partial charge >= 0.3 is 12.1 Å². The number of nitrogens with zero attached hydrogens (tertiary/aromatic N) is 2. The number of nitrogens with one attached hydrogen (secondary N) is 2. The lowest BCUT2D eigenvalue weighted by Gasteiger charge is -2.18. The molecule has 0 saturated heterocycles. The number of carbonyl (C=O) groups is 3. The average Bonchev–Trinajstić information content (AvgIpc) is 3.47. The Morgan fingerprint density at radius 2 is 1.55 bits per heavy atom. The molecule has 0 aliphatic carbocycles. The molecule has 2 amide bonds. The zero-order valence-electron chi connectivity index (χ0n) is 21.9. The molecule has 40 heavy (non-hydrogen) atoms. The number of rotatable bonds is 11. The molecule has 0 aliphatic rings. The summed E-state index contributed by atoms with van der Waals surface area (Å²) in [5.74, 6) is -2.04. The molecule has 3 aromatic carbocycles. The second-order valence-electron chi connectivity index (χ2n) is 8.85. The largest absolute Gasteiger partial charge is 0.459 e. The first-order valence-corrected chi connectivity index (χ1v) is 12.7. The Morgan fingerprint density at radius 1 is 0.900 bits per heavy atom. The van der Waals surface area contributed by atoms with E-state index in [0.717, 1.165) is 22.9 Å². The maximum absolute atomic E-state index is 14.4. The molecule has 0 bridgehead atoms. The maximum atomic E-state index is 14.4. The van der Waals surface area contributed by atoms with Gasteiger partial charge in [0.25, 0.3) is 5.91 Å². The molecule has 1 aromatic heterocycles. The Labute approximate surface area is 230 Å². The summed E-state index contributed by atoms with van der Waals surface area (Å²) in [5.41, 5.74) is 2.77. The maximum Gasteiger partial charge on any atom is 0.408 e. The van der Waals surface area contributed by atoms with Gasteiger partial charge in [-0.25, -0.2) is 18.7 Å². The van der Waals surface area contributed by atoms with Crippen molar-refractivity contribution in [3.05, 3.63) is 119 Å². The molecule has 4 rings (SSSR count). The van der Waals surface area contributed by atoms with Crippen molar-refractivity contribution in [3.63, 3.8) is 0 Å². The summed E-state index contributed by atoms with van der Waals surface area (Å²) in [7, 11) is 0. The summed E-state index contributed by atoms with van der Waals surface area (Å²) >= 11 is 0. The van der Waals surface area contributed by atoms with Gasteiger partial charge in [-0.1, -0.05) is 67.6 Å². The third-order valence-corrected chi connectivity index (χ3v) is 5.95. The number of carbonyl (C=O) groups excluding carboxylic acids is 3. The lowest BCUT2D eigenvalue weighted by molar-refractivity contribution is -0.147. The van der Waals surface area contributed by atoms with Crippen LogP contribution in [0.4, 0.5) is 9.18 Å². The number of aromatic nitrogens is 2. The topological polar surface area (TPSA) is 112 Å². The fourth-order valence-corrected chi connectivity index (χ4v) is 3.88. The van der Waals surface area contributed by atoms with E-state index in [0.29, 0.717) is 12.1 Å². The van der Waals surface area contributed by atoms with Crippen LogP contribution in [0.15, 0.2) is 91.1 Å². The summed E-state index contributed by atoms with van der Waals surface area (Å²) in [5, 5.41) is 9.24. The van der Waals surface area contributed by atoms with Crippen LogP contribution in [0.5, 0.6) is 0 Å². The zero-order valence-corrected chi connectivity index (χ0v) is 21.9. The van der Waals surface area contributed by atoms with Gasteiger partial charge in [0.15, 0.2) is 0 Å². The highest BCUT2D eigenvalue weighted by Gasteiger charge is 2.25. The molecular weight excluding hydrogens is 515 g/mol. The van der Waals surface area contributed by atoms with Crippen molar-refractivity contribution >= 4 is 18.0 Å². The predicted octanol–water partition coefficient (Wildman–Crippen LogP) is 4.34. The number of ether oxygens (including phenoxy) is 2. The second kappa shape index (κ2) is 13.7. The monoisotopic (exact) mass is 544 g/mol. The molecule has 1 heterocycles. The standard InChI is InChI=1S/C30H29FN4O5/c1-2-25-13-14-33-35(25)26-16-23(15-24(31)17-26)28(36)32-18-27(29(37)39-19-21-9-5-3-6-10-21)34-30(38)40-20-22-11-7-4-8-12-22/h3-17,27H,2,18-20H2,1H3,(H,32,36)(H,34,38)/t27-/m1/s1. The van der Waals surface area contributed by atoms with Crippen molar-refractivity contribution in [3.8, 4) is 5.69 Å². The minimum absolute atomic E-state index is 0.00986. The minimum atomic E-state index is -1.26. The SMILES string of the molecule is CCc1ccnn1-c1cc(F)cc(C(=O)NC[C@@H](NC(=O)OCc2ccccc2)C(=O)OCc2ccccc2)c1. The van der Waals surface area contributed by atoms with Gasteiger partial charge in [-0.2, -0.15) is 5.10 Å². The lowest BCUT2D eigenvalue weighted by Crippen LogP contribution is -2.49. The number of alkyl carbamates (subject to hydrolysis) is 1. The fourth-order valence-electron chi connectivity index (χ4n) is 3.88. The van der Waals surface area contributed by atoms with Gasteiger partial charge in [-0.05, 0) is 41.8 Å². The number of hydrogen-bond acceptors (Lipinski definition) is 6. The van der Waals surface area contributed by atoms with Gasteiger partial charge < -0.3 is 20.1 Å². The number of hydrogen-bond donors (Lipinski definition) is 2. The highest BCUT2D eigenvalue weighted by molar-refractivity contribution is 5.95. The van der Waals surface area contributed by atoms with E-state index < -0.39 is 29.8 Å². The summed E-state index contributed by atoms with van der Waals surface area (Å²) in [6, 6.07) is 22.5. The molecule has 10 heteroatoms. The molecule has 0 radical (unpaired) electrons. The molecule has 0 aliphatic heterocycles. The van der Waals surface area contributed by atoms with Crippen LogP contribution >= 0.6 is 0 Å². The zero-order chi connectivity index (χ0) is 28.3. The normalized spacial score (nSPS) is 11.3. The van der Waals surface area contributed by atoms with E-state index in [2.05, 4.69) is 15.7 Å². The molecule has 206 valence electrons. The van der Waals surface area contributed by atoms with Crippen molar-refractivity contribution in [2.24, 2.45) is 0 Å². The van der Waals surface area contributed by atoms with Crippen LogP contribution in [-0.4, -0.2) is 40.3 Å². The van der Waals surface area contributed by atoms with E-state index in [1.807, 2.05) is 31.2 Å². The van der Waals surface area contributed by atoms with Crippen molar-refractivity contribution < 1.29 is 28.2 Å². The van der Waals surface area contributed by atoms with Crippen molar-refractivity contribution in [2.75, 3.05) is 6.54 Å². The summed E-state index contributed by atoms with van der Waals surface area (Å²) in [4.78, 5) is 38.4. The van der Waals surface area contributed by atoms with Crippen molar-refractivity contribution in [1.29, 1.82) is 0 Å². The molecule has 0 spiro atoms. The number of aryl methyl sites for hydroxylation is 1. The molecule has 0 unspecified atom stereocenters. The minimum Gasteiger partial charge on any atom is -0.459 e. The summed E-state index contributed by atoms with van der Waals surface area (Å²) in [6.07, 6.45) is 1.40. The highest BCUT2D eigenvalue weighted by Crippen LogP contribution is 2.16. The molecule has 1 atom stereocenters. The lowest BCUT2D eigenvalue weighted by atomic mass is 10.1. The number of esters is 1. The molecular formula is C30H29FN4O5. The summed E-state index contributed by atoms with van der Waals surface area (Å²) < 4.78 is 26.6. The Balaban J connectivity index is 1.43. The fraction of sp³-hybridized carbons (Fsp3) is 0.200. The number of amides is 2. The van der Waals surface area contributed by atoms with Gasteiger partial charge in [0, 0.05) is 24.0 Å². The molecule has 9 nitrogen and oxygen atoms in total. The van der Waals surface area contributed by atoms with E-state index in [4.69, 9.17) is 9.47 Å². The van der Waals surface area contributed by atoms with Gasteiger partial charge in [0.2, 0.25) is 0 Å². The Bertz CT molecular complexity index is 1440. The molecule has 0 fully saturated rings. The highest BCUT2D eigenvalue weighted by atomic mass is 19.1. The van der Waals surface area contributed by atoms with Crippen LogP contribution < -0.4 is 10.6 Å². The van der Waals surface area contributed by atoms with Gasteiger partial charge in [0.05, 0.1) is 5.69 Å². The van der Waals surface area contributed by atoms with Crippen LogP contribution in [0.3, 0.4) is 0 Å². The van der Waals surface area contributed by atoms with Gasteiger partial charge in [-0.3, -0.25) is 4.79 Å². The van der Waals surface area contributed by atoms with Crippen LogP contribution in [0, 0.1) is 5.82 Å². The third kappa shape index (κ3) is 7.76. The third-order valence-electron chi connectivity index (χ3n) is 5.95. The Hall–Kier alpha value is -4.99. The first-order chi connectivity index (χ1) is 19.4. The quantitative estimate of drug-likeness (QED) is 0.272. The number of benzene rings is 3. The molecule has 0 saturated carbocycles. The molecule has 4 aromatic rings. The second-order valence-corrected chi connectivity index (χ2v) is 8.85. The summed E-state index contributed by atoms with van der Waals surface area (Å²) in [6.45, 7) is 1.59.